The molecule has 0 spiro atoms. The zero-order valence-electron chi connectivity index (χ0n) is 44.0. The van der Waals surface area contributed by atoms with E-state index in [2.05, 4.69) is 106 Å². The molecule has 0 aromatic heterocycles. The molecule has 6 nitrogen and oxygen atoms in total. The third-order valence-electron chi connectivity index (χ3n) is 11.1. The Morgan fingerprint density at radius 2 is 0.594 bits per heavy atom. The molecule has 0 rings (SSSR count). The molecule has 0 aromatic rings. The van der Waals surface area contributed by atoms with E-state index in [4.69, 9.17) is 14.2 Å². The van der Waals surface area contributed by atoms with Crippen molar-refractivity contribution in [1.82, 2.24) is 0 Å². The lowest BCUT2D eigenvalue weighted by Crippen LogP contribution is -2.30. The molecular formula is C63H98O6. The predicted octanol–water partition coefficient (Wildman–Crippen LogP) is 18.4. The molecule has 0 amide bonds. The van der Waals surface area contributed by atoms with Crippen molar-refractivity contribution in [2.75, 3.05) is 13.2 Å². The Labute approximate surface area is 423 Å². The lowest BCUT2D eigenvalue weighted by Gasteiger charge is -2.18. The molecule has 0 aliphatic carbocycles. The molecule has 0 radical (unpaired) electrons. The maximum absolute atomic E-state index is 12.8. The Morgan fingerprint density at radius 3 is 0.942 bits per heavy atom. The minimum absolute atomic E-state index is 0.114. The zero-order chi connectivity index (χ0) is 50.0. The van der Waals surface area contributed by atoms with Gasteiger partial charge in [0.15, 0.2) is 6.10 Å². The van der Waals surface area contributed by atoms with Gasteiger partial charge in [-0.25, -0.2) is 0 Å². The predicted molar refractivity (Wildman–Crippen MR) is 297 cm³/mol. The number of carbonyl (C=O) groups excluding carboxylic acids is 3. The van der Waals surface area contributed by atoms with Crippen LogP contribution in [0.25, 0.3) is 0 Å². The standard InChI is InChI=1S/C63H98O6/c1-4-7-10-13-16-19-22-25-28-30-32-35-38-41-44-47-50-53-56-62(65)68-59-60(58-67-61(64)55-52-49-46-43-40-37-34-27-24-21-18-15-12-9-6-3)69-63(66)57-54-51-48-45-42-39-36-33-31-29-26-23-20-17-14-11-8-5-2/h9-10,12-13,15-16,18-19,21-36,60H,4-8,11,14,17,20,37-59H2,1-3H3/b12-9-,13-10-,18-15-,19-16-,24-21-,25-22-,26-23-,30-28-,31-29-,34-27-,35-32-,36-33-. The van der Waals surface area contributed by atoms with E-state index >= 15 is 0 Å². The number of rotatable bonds is 47. The number of unbranched alkanes of at least 4 members (excludes halogenated alkanes) is 21. The fourth-order valence-corrected chi connectivity index (χ4v) is 6.95. The smallest absolute Gasteiger partial charge is 0.306 e. The number of carbonyl (C=O) groups is 3. The number of hydrogen-bond acceptors (Lipinski definition) is 6. The summed E-state index contributed by atoms with van der Waals surface area (Å²) in [5, 5.41) is 0. The van der Waals surface area contributed by atoms with Crippen LogP contribution in [0.4, 0.5) is 0 Å². The summed E-state index contributed by atoms with van der Waals surface area (Å²) in [7, 11) is 0. The molecule has 0 aliphatic rings. The third kappa shape index (κ3) is 54.1. The van der Waals surface area contributed by atoms with Crippen LogP contribution in [0, 0.1) is 0 Å². The van der Waals surface area contributed by atoms with Crippen LogP contribution in [-0.4, -0.2) is 37.2 Å². The average Bonchev–Trinajstić information content (AvgIpc) is 3.35. The van der Waals surface area contributed by atoms with Gasteiger partial charge in [0.25, 0.3) is 0 Å². The van der Waals surface area contributed by atoms with E-state index in [0.717, 1.165) is 135 Å². The van der Waals surface area contributed by atoms with E-state index < -0.39 is 6.10 Å². The van der Waals surface area contributed by atoms with Crippen molar-refractivity contribution in [3.8, 4) is 0 Å². The van der Waals surface area contributed by atoms with E-state index in [1.807, 2.05) is 60.8 Å². The highest BCUT2D eigenvalue weighted by Gasteiger charge is 2.19. The Hall–Kier alpha value is -4.71. The van der Waals surface area contributed by atoms with Crippen molar-refractivity contribution in [3.63, 3.8) is 0 Å². The highest BCUT2D eigenvalue weighted by Crippen LogP contribution is 2.13. The Morgan fingerprint density at radius 1 is 0.304 bits per heavy atom. The molecule has 69 heavy (non-hydrogen) atoms. The fourth-order valence-electron chi connectivity index (χ4n) is 6.95. The molecule has 0 N–H and O–H groups in total. The van der Waals surface area contributed by atoms with Crippen LogP contribution in [0.15, 0.2) is 146 Å². The monoisotopic (exact) mass is 951 g/mol. The van der Waals surface area contributed by atoms with Gasteiger partial charge in [0, 0.05) is 19.3 Å². The number of ether oxygens (including phenoxy) is 3. The topological polar surface area (TPSA) is 78.9 Å². The van der Waals surface area contributed by atoms with E-state index in [-0.39, 0.29) is 37.5 Å². The molecule has 0 heterocycles. The molecule has 386 valence electrons. The number of esters is 3. The maximum Gasteiger partial charge on any atom is 0.306 e. The second kappa shape index (κ2) is 55.9. The largest absolute Gasteiger partial charge is 0.462 e. The van der Waals surface area contributed by atoms with Gasteiger partial charge in [0.2, 0.25) is 0 Å². The first-order chi connectivity index (χ1) is 34.0. The molecule has 1 atom stereocenters. The van der Waals surface area contributed by atoms with Crippen molar-refractivity contribution in [3.05, 3.63) is 146 Å². The summed E-state index contributed by atoms with van der Waals surface area (Å²) in [5.74, 6) is -0.988. The van der Waals surface area contributed by atoms with Crippen molar-refractivity contribution in [1.29, 1.82) is 0 Å². The van der Waals surface area contributed by atoms with Crippen LogP contribution in [0.1, 0.15) is 213 Å². The van der Waals surface area contributed by atoms with Crippen LogP contribution in [0.5, 0.6) is 0 Å². The summed E-state index contributed by atoms with van der Waals surface area (Å²) in [6, 6.07) is 0. The summed E-state index contributed by atoms with van der Waals surface area (Å²) in [6.07, 6.45) is 79.6. The number of allylic oxidation sites excluding steroid dienone is 24. The van der Waals surface area contributed by atoms with Crippen molar-refractivity contribution >= 4 is 17.9 Å². The Bertz CT molecular complexity index is 1560. The maximum atomic E-state index is 12.8. The van der Waals surface area contributed by atoms with Gasteiger partial charge >= 0.3 is 17.9 Å². The summed E-state index contributed by atoms with van der Waals surface area (Å²) in [6.45, 7) is 6.32. The summed E-state index contributed by atoms with van der Waals surface area (Å²) in [4.78, 5) is 38.1. The normalized spacial score (nSPS) is 13.3. The van der Waals surface area contributed by atoms with Gasteiger partial charge in [-0.2, -0.15) is 0 Å². The molecular weight excluding hydrogens is 853 g/mol. The van der Waals surface area contributed by atoms with Crippen LogP contribution >= 0.6 is 0 Å². The summed E-state index contributed by atoms with van der Waals surface area (Å²) < 4.78 is 16.8. The first kappa shape index (κ1) is 64.3. The lowest BCUT2D eigenvalue weighted by atomic mass is 10.1. The minimum Gasteiger partial charge on any atom is -0.462 e. The Kier molecular flexibility index (Phi) is 52.1. The van der Waals surface area contributed by atoms with Crippen LogP contribution in [0.2, 0.25) is 0 Å². The highest BCUT2D eigenvalue weighted by molar-refractivity contribution is 5.71. The molecule has 0 aromatic carbocycles. The average molecular weight is 951 g/mol. The first-order valence-electron chi connectivity index (χ1n) is 27.5. The third-order valence-corrected chi connectivity index (χ3v) is 11.1. The fraction of sp³-hybridized carbons (Fsp3) is 0.571. The van der Waals surface area contributed by atoms with Crippen molar-refractivity contribution in [2.24, 2.45) is 0 Å². The molecule has 0 saturated heterocycles. The highest BCUT2D eigenvalue weighted by atomic mass is 16.6. The van der Waals surface area contributed by atoms with Gasteiger partial charge in [-0.3, -0.25) is 14.4 Å². The molecule has 0 aliphatic heterocycles. The Balaban J connectivity index is 4.56. The van der Waals surface area contributed by atoms with Gasteiger partial charge in [-0.05, 0) is 83.5 Å². The summed E-state index contributed by atoms with van der Waals surface area (Å²) >= 11 is 0. The van der Waals surface area contributed by atoms with Crippen LogP contribution in [0.3, 0.4) is 0 Å². The van der Waals surface area contributed by atoms with Crippen molar-refractivity contribution in [2.45, 2.75) is 219 Å². The van der Waals surface area contributed by atoms with Crippen LogP contribution < -0.4 is 0 Å². The molecule has 6 heteroatoms. The van der Waals surface area contributed by atoms with Gasteiger partial charge in [-0.15, -0.1) is 0 Å². The van der Waals surface area contributed by atoms with Gasteiger partial charge < -0.3 is 14.2 Å². The second-order valence-corrected chi connectivity index (χ2v) is 17.7. The second-order valence-electron chi connectivity index (χ2n) is 17.7. The molecule has 0 bridgehead atoms. The van der Waals surface area contributed by atoms with E-state index in [1.54, 1.807) is 0 Å². The van der Waals surface area contributed by atoms with Gasteiger partial charge in [-0.1, -0.05) is 256 Å². The molecule has 0 fully saturated rings. The van der Waals surface area contributed by atoms with E-state index in [9.17, 15) is 14.4 Å². The van der Waals surface area contributed by atoms with Crippen LogP contribution in [-0.2, 0) is 28.6 Å². The SMILES string of the molecule is CC\C=C/C=C\C=C/C=C\CCCCCCCC(=O)OCC(COC(=O)CCCCCCC\C=C/C=C\C=C/C=C\C=C/CCC)OC(=O)CCCCCCC\C=C/C=C\C=C/CCCCCCC. The van der Waals surface area contributed by atoms with Gasteiger partial charge in [0.05, 0.1) is 0 Å². The van der Waals surface area contributed by atoms with E-state index in [0.29, 0.717) is 12.8 Å². The summed E-state index contributed by atoms with van der Waals surface area (Å²) in [5.41, 5.74) is 0. The molecule has 0 saturated carbocycles. The zero-order valence-corrected chi connectivity index (χ0v) is 44.0. The number of hydrogen-bond donors (Lipinski definition) is 0. The molecule has 1 unspecified atom stereocenters. The van der Waals surface area contributed by atoms with Crippen molar-refractivity contribution < 1.29 is 28.6 Å². The van der Waals surface area contributed by atoms with Gasteiger partial charge in [0.1, 0.15) is 13.2 Å². The lowest BCUT2D eigenvalue weighted by molar-refractivity contribution is -0.167. The quantitative estimate of drug-likeness (QED) is 0.0262. The minimum atomic E-state index is -0.817. The first-order valence-corrected chi connectivity index (χ1v) is 27.5. The van der Waals surface area contributed by atoms with E-state index in [1.165, 1.54) is 38.5 Å².